The van der Waals surface area contributed by atoms with Crippen molar-refractivity contribution in [3.05, 3.63) is 53.6 Å². The highest BCUT2D eigenvalue weighted by molar-refractivity contribution is 5.94. The van der Waals surface area contributed by atoms with E-state index in [0.29, 0.717) is 23.6 Å². The highest BCUT2D eigenvalue weighted by Gasteiger charge is 2.15. The average Bonchev–Trinajstić information content (AvgIpc) is 3.06. The van der Waals surface area contributed by atoms with Crippen LogP contribution in [0.4, 0.5) is 0 Å². The number of rotatable bonds is 6. The summed E-state index contributed by atoms with van der Waals surface area (Å²) in [6.45, 7) is 0.835. The Balaban J connectivity index is 1.45. The summed E-state index contributed by atoms with van der Waals surface area (Å²) in [7, 11) is 1.65. The molecule has 3 rings (SSSR count). The number of benzene rings is 2. The van der Waals surface area contributed by atoms with Crippen LogP contribution in [0.2, 0.25) is 0 Å². The molecule has 2 aromatic carbocycles. The maximum Gasteiger partial charge on any atom is 0.251 e. The first-order valence-electron chi connectivity index (χ1n) is 7.57. The lowest BCUT2D eigenvalue weighted by Gasteiger charge is -2.07. The lowest BCUT2D eigenvalue weighted by Crippen LogP contribution is -2.24. The molecule has 120 valence electrons. The number of hydrogen-bond donors (Lipinski definition) is 1. The van der Waals surface area contributed by atoms with E-state index < -0.39 is 0 Å². The van der Waals surface area contributed by atoms with E-state index in [1.165, 1.54) is 5.56 Å². The minimum absolute atomic E-state index is 0.0990. The molecule has 0 spiro atoms. The number of methoxy groups -OCH3 is 1. The zero-order valence-corrected chi connectivity index (χ0v) is 13.0. The molecular weight excluding hydrogens is 294 g/mol. The number of carbonyl (C=O) groups is 1. The fourth-order valence-corrected chi connectivity index (χ4v) is 2.43. The van der Waals surface area contributed by atoms with Crippen LogP contribution < -0.4 is 19.5 Å². The van der Waals surface area contributed by atoms with Crippen molar-refractivity contribution >= 4 is 5.91 Å². The smallest absolute Gasteiger partial charge is 0.251 e. The van der Waals surface area contributed by atoms with Gasteiger partial charge in [-0.3, -0.25) is 4.79 Å². The highest BCUT2D eigenvalue weighted by Crippen LogP contribution is 2.32. The van der Waals surface area contributed by atoms with Crippen molar-refractivity contribution in [2.45, 2.75) is 12.8 Å². The molecule has 0 atom stereocenters. The molecular formula is C18H19NO4. The van der Waals surface area contributed by atoms with Gasteiger partial charge in [-0.05, 0) is 48.7 Å². The number of ether oxygens (including phenoxy) is 3. The van der Waals surface area contributed by atoms with Gasteiger partial charge in [-0.1, -0.05) is 12.1 Å². The first kappa shape index (κ1) is 15.2. The molecule has 1 aliphatic rings. The van der Waals surface area contributed by atoms with Gasteiger partial charge in [-0.15, -0.1) is 0 Å². The summed E-state index contributed by atoms with van der Waals surface area (Å²) in [5.74, 6) is 2.06. The Labute approximate surface area is 135 Å². The largest absolute Gasteiger partial charge is 0.497 e. The Bertz CT molecular complexity index is 682. The van der Waals surface area contributed by atoms with Gasteiger partial charge in [0.2, 0.25) is 6.79 Å². The SMILES string of the molecule is COc1ccc(CCCNC(=O)c2ccc3c(c2)OCO3)cc1. The van der Waals surface area contributed by atoms with Gasteiger partial charge in [0.15, 0.2) is 11.5 Å². The molecule has 0 saturated heterocycles. The minimum atomic E-state index is -0.0990. The van der Waals surface area contributed by atoms with Gasteiger partial charge < -0.3 is 19.5 Å². The molecule has 0 radical (unpaired) electrons. The third-order valence-corrected chi connectivity index (χ3v) is 3.72. The summed E-state index contributed by atoms with van der Waals surface area (Å²) in [4.78, 5) is 12.1. The molecule has 0 bridgehead atoms. The summed E-state index contributed by atoms with van der Waals surface area (Å²) >= 11 is 0. The standard InChI is InChI=1S/C18H19NO4/c1-21-15-7-4-13(5-8-15)3-2-10-19-18(20)14-6-9-16-17(11-14)23-12-22-16/h4-9,11H,2-3,10,12H2,1H3,(H,19,20). The van der Waals surface area contributed by atoms with E-state index in [1.54, 1.807) is 25.3 Å². The van der Waals surface area contributed by atoms with Crippen LogP contribution >= 0.6 is 0 Å². The van der Waals surface area contributed by atoms with Crippen LogP contribution in [0.5, 0.6) is 17.2 Å². The molecule has 5 heteroatoms. The summed E-state index contributed by atoms with van der Waals surface area (Å²) in [6, 6.07) is 13.2. The predicted molar refractivity (Wildman–Crippen MR) is 86.2 cm³/mol. The van der Waals surface area contributed by atoms with Crippen LogP contribution in [-0.2, 0) is 6.42 Å². The van der Waals surface area contributed by atoms with Crippen LogP contribution in [0.1, 0.15) is 22.3 Å². The Hall–Kier alpha value is -2.69. The monoisotopic (exact) mass is 313 g/mol. The number of aryl methyl sites for hydroxylation is 1. The van der Waals surface area contributed by atoms with Crippen molar-refractivity contribution in [3.63, 3.8) is 0 Å². The topological polar surface area (TPSA) is 56.8 Å². The number of carbonyl (C=O) groups excluding carboxylic acids is 1. The quantitative estimate of drug-likeness (QED) is 0.833. The van der Waals surface area contributed by atoms with Gasteiger partial charge >= 0.3 is 0 Å². The molecule has 0 unspecified atom stereocenters. The molecule has 23 heavy (non-hydrogen) atoms. The van der Waals surface area contributed by atoms with Crippen molar-refractivity contribution in [2.75, 3.05) is 20.4 Å². The summed E-state index contributed by atoms with van der Waals surface area (Å²) in [6.07, 6.45) is 1.79. The molecule has 5 nitrogen and oxygen atoms in total. The predicted octanol–water partition coefficient (Wildman–Crippen LogP) is 2.79. The molecule has 1 heterocycles. The normalized spacial score (nSPS) is 12.0. The van der Waals surface area contributed by atoms with E-state index >= 15 is 0 Å². The molecule has 2 aromatic rings. The van der Waals surface area contributed by atoms with E-state index in [0.717, 1.165) is 18.6 Å². The van der Waals surface area contributed by atoms with Crippen molar-refractivity contribution < 1.29 is 19.0 Å². The summed E-state index contributed by atoms with van der Waals surface area (Å²) in [5.41, 5.74) is 1.81. The molecule has 1 amide bonds. The number of amides is 1. The Morgan fingerprint density at radius 3 is 2.70 bits per heavy atom. The zero-order valence-electron chi connectivity index (χ0n) is 13.0. The molecule has 0 aliphatic carbocycles. The van der Waals surface area contributed by atoms with E-state index in [4.69, 9.17) is 14.2 Å². The highest BCUT2D eigenvalue weighted by atomic mass is 16.7. The van der Waals surface area contributed by atoms with Gasteiger partial charge in [0.25, 0.3) is 5.91 Å². The van der Waals surface area contributed by atoms with Crippen LogP contribution in [0.15, 0.2) is 42.5 Å². The van der Waals surface area contributed by atoms with E-state index in [9.17, 15) is 4.79 Å². The number of hydrogen-bond acceptors (Lipinski definition) is 4. The Kier molecular flexibility index (Phi) is 4.66. The molecule has 0 saturated carbocycles. The minimum Gasteiger partial charge on any atom is -0.497 e. The van der Waals surface area contributed by atoms with Gasteiger partial charge in [0.1, 0.15) is 5.75 Å². The van der Waals surface area contributed by atoms with Crippen molar-refractivity contribution in [1.82, 2.24) is 5.32 Å². The lowest BCUT2D eigenvalue weighted by atomic mass is 10.1. The van der Waals surface area contributed by atoms with Gasteiger partial charge in [0.05, 0.1) is 7.11 Å². The van der Waals surface area contributed by atoms with E-state index in [2.05, 4.69) is 5.32 Å². The second-order valence-electron chi connectivity index (χ2n) is 5.28. The first-order chi connectivity index (χ1) is 11.3. The average molecular weight is 313 g/mol. The van der Waals surface area contributed by atoms with Gasteiger partial charge in [-0.25, -0.2) is 0 Å². The van der Waals surface area contributed by atoms with Crippen LogP contribution in [-0.4, -0.2) is 26.4 Å². The fourth-order valence-electron chi connectivity index (χ4n) is 2.43. The summed E-state index contributed by atoms with van der Waals surface area (Å²) < 4.78 is 15.6. The van der Waals surface area contributed by atoms with Crippen LogP contribution in [0.25, 0.3) is 0 Å². The fraction of sp³-hybridized carbons (Fsp3) is 0.278. The molecule has 0 aromatic heterocycles. The first-order valence-corrected chi connectivity index (χ1v) is 7.57. The van der Waals surface area contributed by atoms with Crippen LogP contribution in [0, 0.1) is 0 Å². The molecule has 1 aliphatic heterocycles. The summed E-state index contributed by atoms with van der Waals surface area (Å²) in [5, 5.41) is 2.92. The van der Waals surface area contributed by atoms with Crippen molar-refractivity contribution in [2.24, 2.45) is 0 Å². The third-order valence-electron chi connectivity index (χ3n) is 3.72. The number of fused-ring (bicyclic) bond motifs is 1. The zero-order chi connectivity index (χ0) is 16.1. The Morgan fingerprint density at radius 1 is 1.13 bits per heavy atom. The van der Waals surface area contributed by atoms with E-state index in [1.807, 2.05) is 24.3 Å². The maximum atomic E-state index is 12.1. The lowest BCUT2D eigenvalue weighted by molar-refractivity contribution is 0.0952. The van der Waals surface area contributed by atoms with E-state index in [-0.39, 0.29) is 12.7 Å². The molecule has 0 fully saturated rings. The number of nitrogens with one attached hydrogen (secondary N) is 1. The second-order valence-corrected chi connectivity index (χ2v) is 5.28. The van der Waals surface area contributed by atoms with Crippen LogP contribution in [0.3, 0.4) is 0 Å². The van der Waals surface area contributed by atoms with Crippen molar-refractivity contribution in [1.29, 1.82) is 0 Å². The van der Waals surface area contributed by atoms with Gasteiger partial charge in [-0.2, -0.15) is 0 Å². The Morgan fingerprint density at radius 2 is 1.91 bits per heavy atom. The van der Waals surface area contributed by atoms with Crippen molar-refractivity contribution in [3.8, 4) is 17.2 Å². The van der Waals surface area contributed by atoms with Gasteiger partial charge in [0, 0.05) is 12.1 Å². The molecule has 1 N–H and O–H groups in total. The maximum absolute atomic E-state index is 12.1. The second kappa shape index (κ2) is 7.05. The third kappa shape index (κ3) is 3.74.